The van der Waals surface area contributed by atoms with E-state index in [0.29, 0.717) is 22.5 Å². The molecule has 7 nitrogen and oxygen atoms in total. The maximum Gasteiger partial charge on any atom is 0.250 e. The summed E-state index contributed by atoms with van der Waals surface area (Å²) in [6, 6.07) is 7.14. The Kier molecular flexibility index (Phi) is 2.73. The van der Waals surface area contributed by atoms with E-state index in [0.717, 1.165) is 0 Å². The molecule has 0 fully saturated rings. The molecular formula is C12H11N5O2. The summed E-state index contributed by atoms with van der Waals surface area (Å²) in [5.74, 6) is 0.871. The molecule has 0 aliphatic carbocycles. The van der Waals surface area contributed by atoms with Gasteiger partial charge in [-0.2, -0.15) is 9.97 Å². The minimum Gasteiger partial charge on any atom is -0.437 e. The second-order valence-electron chi connectivity index (χ2n) is 3.86. The number of aromatic nitrogens is 4. The lowest BCUT2D eigenvalue weighted by Crippen LogP contribution is -1.99. The zero-order valence-electron chi connectivity index (χ0n) is 9.87. The Morgan fingerprint density at radius 3 is 2.95 bits per heavy atom. The number of nitrogen functional groups attached to an aromatic ring is 1. The van der Waals surface area contributed by atoms with Crippen LogP contribution in [0.2, 0.25) is 0 Å². The summed E-state index contributed by atoms with van der Waals surface area (Å²) >= 11 is 0. The van der Waals surface area contributed by atoms with Crippen molar-refractivity contribution in [1.82, 2.24) is 19.9 Å². The van der Waals surface area contributed by atoms with Gasteiger partial charge in [-0.05, 0) is 6.07 Å². The molecule has 0 saturated carbocycles. The van der Waals surface area contributed by atoms with Crippen molar-refractivity contribution in [2.45, 2.75) is 6.61 Å². The third-order valence-corrected chi connectivity index (χ3v) is 2.62. The van der Waals surface area contributed by atoms with E-state index in [2.05, 4.69) is 19.9 Å². The summed E-state index contributed by atoms with van der Waals surface area (Å²) < 4.78 is 5.69. The van der Waals surface area contributed by atoms with Gasteiger partial charge in [-0.3, -0.25) is 0 Å². The molecule has 3 aromatic rings. The lowest BCUT2D eigenvalue weighted by molar-refractivity contribution is 0.276. The summed E-state index contributed by atoms with van der Waals surface area (Å²) in [6.45, 7) is -0.122. The largest absolute Gasteiger partial charge is 0.437 e. The van der Waals surface area contributed by atoms with Crippen molar-refractivity contribution in [3.63, 3.8) is 0 Å². The van der Waals surface area contributed by atoms with Crippen LogP contribution >= 0.6 is 0 Å². The predicted octanol–water partition coefficient (Wildman–Crippen LogP) is 1.22. The number of hydrogen-bond donors (Lipinski definition) is 3. The summed E-state index contributed by atoms with van der Waals surface area (Å²) in [5, 5.41) is 9.27. The minimum atomic E-state index is -0.122. The molecule has 2 heterocycles. The number of nitrogens with two attached hydrogens (primary N) is 1. The van der Waals surface area contributed by atoms with Crippen LogP contribution in [0.4, 0.5) is 5.95 Å². The molecular weight excluding hydrogens is 246 g/mol. The third kappa shape index (κ3) is 2.06. The zero-order chi connectivity index (χ0) is 13.2. The van der Waals surface area contributed by atoms with E-state index in [1.165, 1.54) is 6.33 Å². The molecule has 0 unspecified atom stereocenters. The molecule has 3 rings (SSSR count). The Labute approximate surface area is 108 Å². The molecule has 0 aliphatic rings. The molecule has 4 N–H and O–H groups in total. The second kappa shape index (κ2) is 4.54. The number of nitrogens with zero attached hydrogens (tertiary/aromatic N) is 3. The number of aliphatic hydroxyl groups excluding tert-OH is 1. The van der Waals surface area contributed by atoms with Crippen molar-refractivity contribution in [2.75, 3.05) is 5.73 Å². The van der Waals surface area contributed by atoms with E-state index >= 15 is 0 Å². The molecule has 96 valence electrons. The molecule has 1 aromatic carbocycles. The monoisotopic (exact) mass is 257 g/mol. The van der Waals surface area contributed by atoms with Crippen molar-refractivity contribution >= 4 is 17.1 Å². The number of aromatic amines is 1. The first-order valence-corrected chi connectivity index (χ1v) is 5.61. The van der Waals surface area contributed by atoms with Gasteiger partial charge in [-0.15, -0.1) is 0 Å². The highest BCUT2D eigenvalue weighted by Crippen LogP contribution is 2.28. The third-order valence-electron chi connectivity index (χ3n) is 2.62. The lowest BCUT2D eigenvalue weighted by atomic mass is 10.2. The van der Waals surface area contributed by atoms with Crippen LogP contribution < -0.4 is 10.5 Å². The van der Waals surface area contributed by atoms with Crippen LogP contribution in [-0.2, 0) is 6.61 Å². The highest BCUT2D eigenvalue weighted by Gasteiger charge is 2.12. The van der Waals surface area contributed by atoms with E-state index in [4.69, 9.17) is 10.5 Å². The highest BCUT2D eigenvalue weighted by atomic mass is 16.5. The molecule has 2 aromatic heterocycles. The number of ether oxygens (including phenoxy) is 1. The zero-order valence-corrected chi connectivity index (χ0v) is 9.87. The maximum atomic E-state index is 9.27. The van der Waals surface area contributed by atoms with Crippen LogP contribution in [0.3, 0.4) is 0 Å². The summed E-state index contributed by atoms with van der Waals surface area (Å²) in [7, 11) is 0. The van der Waals surface area contributed by atoms with E-state index in [9.17, 15) is 5.11 Å². The van der Waals surface area contributed by atoms with Crippen molar-refractivity contribution in [1.29, 1.82) is 0 Å². The van der Waals surface area contributed by atoms with E-state index in [1.54, 1.807) is 12.1 Å². The van der Waals surface area contributed by atoms with Gasteiger partial charge in [0.1, 0.15) is 11.3 Å². The number of para-hydroxylation sites is 1. The van der Waals surface area contributed by atoms with Crippen LogP contribution in [0.1, 0.15) is 5.56 Å². The van der Waals surface area contributed by atoms with Gasteiger partial charge in [0.25, 0.3) is 5.88 Å². The number of anilines is 1. The number of rotatable bonds is 3. The van der Waals surface area contributed by atoms with Gasteiger partial charge in [0.05, 0.1) is 12.9 Å². The second-order valence-corrected chi connectivity index (χ2v) is 3.86. The summed E-state index contributed by atoms with van der Waals surface area (Å²) in [5.41, 5.74) is 7.25. The number of benzene rings is 1. The maximum absolute atomic E-state index is 9.27. The number of nitrogens with one attached hydrogen (secondary N) is 1. The predicted molar refractivity (Wildman–Crippen MR) is 68.5 cm³/mol. The quantitative estimate of drug-likeness (QED) is 0.650. The van der Waals surface area contributed by atoms with Crippen molar-refractivity contribution in [2.24, 2.45) is 0 Å². The molecule has 0 atom stereocenters. The van der Waals surface area contributed by atoms with Crippen molar-refractivity contribution in [3.05, 3.63) is 36.2 Å². The fourth-order valence-corrected chi connectivity index (χ4v) is 1.73. The van der Waals surface area contributed by atoms with E-state index in [-0.39, 0.29) is 18.4 Å². The molecule has 0 amide bonds. The molecule has 19 heavy (non-hydrogen) atoms. The summed E-state index contributed by atoms with van der Waals surface area (Å²) in [4.78, 5) is 14.9. The van der Waals surface area contributed by atoms with Crippen LogP contribution in [0.15, 0.2) is 30.6 Å². The minimum absolute atomic E-state index is 0.0797. The first-order chi connectivity index (χ1) is 9.28. The highest BCUT2D eigenvalue weighted by molar-refractivity contribution is 5.77. The Balaban J connectivity index is 2.07. The van der Waals surface area contributed by atoms with Gasteiger partial charge in [0.15, 0.2) is 5.65 Å². The molecule has 0 bridgehead atoms. The van der Waals surface area contributed by atoms with Gasteiger partial charge >= 0.3 is 0 Å². The van der Waals surface area contributed by atoms with E-state index < -0.39 is 0 Å². The molecule has 7 heteroatoms. The Morgan fingerprint density at radius 2 is 2.11 bits per heavy atom. The van der Waals surface area contributed by atoms with Gasteiger partial charge in [-0.25, -0.2) is 4.98 Å². The van der Waals surface area contributed by atoms with Crippen LogP contribution in [0, 0.1) is 0 Å². The number of imidazole rings is 1. The van der Waals surface area contributed by atoms with Crippen molar-refractivity contribution in [3.8, 4) is 11.6 Å². The van der Waals surface area contributed by atoms with Gasteiger partial charge in [0, 0.05) is 5.56 Å². The smallest absolute Gasteiger partial charge is 0.250 e. The Morgan fingerprint density at radius 1 is 1.26 bits per heavy atom. The number of hydrogen-bond acceptors (Lipinski definition) is 6. The van der Waals surface area contributed by atoms with E-state index in [1.807, 2.05) is 12.1 Å². The van der Waals surface area contributed by atoms with Gasteiger partial charge in [0.2, 0.25) is 5.95 Å². The Bertz CT molecular complexity index is 725. The first kappa shape index (κ1) is 11.4. The lowest BCUT2D eigenvalue weighted by Gasteiger charge is -2.09. The molecule has 0 aliphatic heterocycles. The topological polar surface area (TPSA) is 110 Å². The van der Waals surface area contributed by atoms with Crippen LogP contribution in [0.5, 0.6) is 11.6 Å². The molecule has 0 radical (unpaired) electrons. The standard InChI is InChI=1S/C12H11N5O2/c13-12-16-10-9(14-6-15-10)11(17-12)19-8-4-2-1-3-7(8)5-18/h1-4,6,18H,5H2,(H3,13,14,15,16,17). The fourth-order valence-electron chi connectivity index (χ4n) is 1.73. The SMILES string of the molecule is Nc1nc(Oc2ccccc2CO)c2[nH]cnc2n1. The molecule has 0 spiro atoms. The summed E-state index contributed by atoms with van der Waals surface area (Å²) in [6.07, 6.45) is 1.49. The number of H-pyrrole nitrogens is 1. The normalized spacial score (nSPS) is 10.8. The van der Waals surface area contributed by atoms with Gasteiger partial charge in [-0.1, -0.05) is 18.2 Å². The average molecular weight is 257 g/mol. The number of fused-ring (bicyclic) bond motifs is 1. The number of aliphatic hydroxyl groups is 1. The van der Waals surface area contributed by atoms with Crippen LogP contribution in [0.25, 0.3) is 11.2 Å². The fraction of sp³-hybridized carbons (Fsp3) is 0.0833. The van der Waals surface area contributed by atoms with Crippen LogP contribution in [-0.4, -0.2) is 25.0 Å². The Hall–Kier alpha value is -2.67. The first-order valence-electron chi connectivity index (χ1n) is 5.61. The van der Waals surface area contributed by atoms with Gasteiger partial charge < -0.3 is 20.6 Å². The van der Waals surface area contributed by atoms with Crippen molar-refractivity contribution < 1.29 is 9.84 Å². The molecule has 0 saturated heterocycles. The average Bonchev–Trinajstić information content (AvgIpc) is 2.87.